The van der Waals surface area contributed by atoms with Gasteiger partial charge in [-0.15, -0.1) is 24.0 Å². The minimum Gasteiger partial charge on any atom is -0.381 e. The van der Waals surface area contributed by atoms with E-state index in [1.807, 2.05) is 19.3 Å². The zero-order chi connectivity index (χ0) is 21.0. The highest BCUT2D eigenvalue weighted by Crippen LogP contribution is 2.12. The molecule has 1 saturated heterocycles. The van der Waals surface area contributed by atoms with E-state index in [1.165, 1.54) is 11.1 Å². The summed E-state index contributed by atoms with van der Waals surface area (Å²) in [5.74, 6) is 2.44. The van der Waals surface area contributed by atoms with E-state index in [1.54, 1.807) is 0 Å². The second-order valence-electron chi connectivity index (χ2n) is 7.70. The van der Waals surface area contributed by atoms with Gasteiger partial charge in [-0.05, 0) is 37.8 Å². The van der Waals surface area contributed by atoms with Crippen LogP contribution in [0.1, 0.15) is 36.7 Å². The van der Waals surface area contributed by atoms with Gasteiger partial charge in [0, 0.05) is 51.2 Å². The lowest BCUT2D eigenvalue weighted by molar-refractivity contribution is 0.0888. The van der Waals surface area contributed by atoms with Crippen molar-refractivity contribution in [3.63, 3.8) is 0 Å². The first-order valence-electron chi connectivity index (χ1n) is 11.0. The molecule has 3 rings (SSSR count). The van der Waals surface area contributed by atoms with Gasteiger partial charge in [0.2, 0.25) is 0 Å². The molecule has 31 heavy (non-hydrogen) atoms. The maximum Gasteiger partial charge on any atom is 0.191 e. The van der Waals surface area contributed by atoms with Crippen LogP contribution in [-0.2, 0) is 22.6 Å². The smallest absolute Gasteiger partial charge is 0.191 e. The third kappa shape index (κ3) is 9.16. The zero-order valence-corrected chi connectivity index (χ0v) is 21.0. The highest BCUT2D eigenvalue weighted by atomic mass is 127. The average Bonchev–Trinajstić information content (AvgIpc) is 3.41. The van der Waals surface area contributed by atoms with E-state index < -0.39 is 0 Å². The average molecular weight is 541 g/mol. The molecule has 1 aliphatic rings. The molecule has 0 bridgehead atoms. The van der Waals surface area contributed by atoms with E-state index in [2.05, 4.69) is 51.4 Å². The number of hydrogen-bond donors (Lipinski definition) is 2. The van der Waals surface area contributed by atoms with E-state index in [0.717, 1.165) is 70.7 Å². The predicted octanol–water partition coefficient (Wildman–Crippen LogP) is 3.36. The Morgan fingerprint density at radius 1 is 1.32 bits per heavy atom. The first kappa shape index (κ1) is 25.6. The molecule has 0 aliphatic carbocycles. The summed E-state index contributed by atoms with van der Waals surface area (Å²) in [6, 6.07) is 8.58. The lowest BCUT2D eigenvalue weighted by Crippen LogP contribution is -2.38. The molecule has 1 atom stereocenters. The van der Waals surface area contributed by atoms with Crippen LogP contribution in [0.15, 0.2) is 41.7 Å². The van der Waals surface area contributed by atoms with Gasteiger partial charge in [0.05, 0.1) is 19.8 Å². The van der Waals surface area contributed by atoms with Crippen LogP contribution in [0.25, 0.3) is 0 Å². The van der Waals surface area contributed by atoms with Gasteiger partial charge < -0.3 is 24.7 Å². The van der Waals surface area contributed by atoms with Crippen LogP contribution in [0.5, 0.6) is 0 Å². The van der Waals surface area contributed by atoms with Crippen LogP contribution in [-0.4, -0.2) is 55.0 Å². The van der Waals surface area contributed by atoms with Gasteiger partial charge in [-0.25, -0.2) is 9.98 Å². The number of aliphatic imine (C=N–C) groups is 1. The van der Waals surface area contributed by atoms with Gasteiger partial charge in [-0.1, -0.05) is 24.3 Å². The molecule has 1 aliphatic heterocycles. The van der Waals surface area contributed by atoms with Crippen LogP contribution < -0.4 is 10.6 Å². The molecule has 2 aromatic rings. The quantitative estimate of drug-likeness (QED) is 0.198. The second kappa shape index (κ2) is 14.4. The first-order valence-corrected chi connectivity index (χ1v) is 11.0. The molecule has 172 valence electrons. The van der Waals surface area contributed by atoms with Crippen molar-refractivity contribution >= 4 is 29.9 Å². The number of imidazole rings is 1. The van der Waals surface area contributed by atoms with Crippen LogP contribution in [0.2, 0.25) is 0 Å². The lowest BCUT2D eigenvalue weighted by Gasteiger charge is -2.12. The normalized spacial score (nSPS) is 16.2. The number of guanidine groups is 1. The van der Waals surface area contributed by atoms with Crippen molar-refractivity contribution in [1.29, 1.82) is 0 Å². The number of hydrogen-bond acceptors (Lipinski definition) is 4. The molecule has 2 heterocycles. The van der Waals surface area contributed by atoms with Gasteiger partial charge in [0.25, 0.3) is 0 Å². The zero-order valence-electron chi connectivity index (χ0n) is 18.7. The Balaban J connectivity index is 0.00000341. The molecule has 1 aromatic heterocycles. The summed E-state index contributed by atoms with van der Waals surface area (Å²) in [6.45, 7) is 10.6. The summed E-state index contributed by atoms with van der Waals surface area (Å²) >= 11 is 0. The van der Waals surface area contributed by atoms with Gasteiger partial charge in [0.15, 0.2) is 5.96 Å². The number of aromatic nitrogens is 2. The molecule has 0 spiro atoms. The van der Waals surface area contributed by atoms with Crippen molar-refractivity contribution in [2.75, 3.05) is 39.5 Å². The predicted molar refractivity (Wildman–Crippen MR) is 135 cm³/mol. The van der Waals surface area contributed by atoms with Crippen molar-refractivity contribution in [2.45, 2.75) is 39.8 Å². The molecule has 7 nitrogen and oxygen atoms in total. The van der Waals surface area contributed by atoms with Crippen LogP contribution >= 0.6 is 24.0 Å². The standard InChI is InChI=1S/C23H35N5O2.HI/c1-3-24-23(26-9-5-12-29-17-22-8-13-30-18-22)27-15-20-6-4-7-21(14-20)16-28-11-10-25-19(28)2;/h4,6-7,10-11,14,22H,3,5,8-9,12-13,15-18H2,1-2H3,(H2,24,26,27);1H. The molecule has 8 heteroatoms. The monoisotopic (exact) mass is 541 g/mol. The Morgan fingerprint density at radius 3 is 2.94 bits per heavy atom. The molecule has 1 fully saturated rings. The van der Waals surface area contributed by atoms with Crippen molar-refractivity contribution in [2.24, 2.45) is 10.9 Å². The summed E-state index contributed by atoms with van der Waals surface area (Å²) in [5.41, 5.74) is 2.45. The van der Waals surface area contributed by atoms with Gasteiger partial charge >= 0.3 is 0 Å². The minimum atomic E-state index is 0. The van der Waals surface area contributed by atoms with Gasteiger partial charge in [-0.2, -0.15) is 0 Å². The number of aryl methyl sites for hydroxylation is 1. The first-order chi connectivity index (χ1) is 14.7. The third-order valence-corrected chi connectivity index (χ3v) is 5.17. The van der Waals surface area contributed by atoms with Gasteiger partial charge in [-0.3, -0.25) is 0 Å². The van der Waals surface area contributed by atoms with E-state index in [-0.39, 0.29) is 24.0 Å². The Labute approximate surface area is 203 Å². The van der Waals surface area contributed by atoms with E-state index in [9.17, 15) is 0 Å². The fourth-order valence-electron chi connectivity index (χ4n) is 3.45. The maximum atomic E-state index is 5.77. The largest absolute Gasteiger partial charge is 0.381 e. The van der Waals surface area contributed by atoms with Crippen LogP contribution in [0.4, 0.5) is 0 Å². The number of rotatable bonds is 11. The van der Waals surface area contributed by atoms with Crippen LogP contribution in [0, 0.1) is 12.8 Å². The minimum absolute atomic E-state index is 0. The number of ether oxygens (including phenoxy) is 2. The highest BCUT2D eigenvalue weighted by molar-refractivity contribution is 14.0. The molecule has 0 amide bonds. The fraction of sp³-hybridized carbons (Fsp3) is 0.565. The Morgan fingerprint density at radius 2 is 2.19 bits per heavy atom. The topological polar surface area (TPSA) is 72.7 Å². The lowest BCUT2D eigenvalue weighted by atomic mass is 10.1. The van der Waals surface area contributed by atoms with Crippen molar-refractivity contribution < 1.29 is 9.47 Å². The Kier molecular flexibility index (Phi) is 11.9. The SMILES string of the molecule is CCNC(=NCc1cccc(Cn2ccnc2C)c1)NCCCOCC1CCOC1.I. The summed E-state index contributed by atoms with van der Waals surface area (Å²) in [6.07, 6.45) is 5.93. The van der Waals surface area contributed by atoms with Crippen LogP contribution in [0.3, 0.4) is 0 Å². The van der Waals surface area contributed by atoms with Gasteiger partial charge in [0.1, 0.15) is 5.82 Å². The van der Waals surface area contributed by atoms with E-state index in [0.29, 0.717) is 12.5 Å². The molecular weight excluding hydrogens is 505 g/mol. The Bertz CT molecular complexity index is 790. The molecule has 1 aromatic carbocycles. The number of nitrogens with zero attached hydrogens (tertiary/aromatic N) is 3. The maximum absolute atomic E-state index is 5.77. The Hall–Kier alpha value is -1.65. The molecule has 0 radical (unpaired) electrons. The molecule has 1 unspecified atom stereocenters. The summed E-state index contributed by atoms with van der Waals surface area (Å²) in [5, 5.41) is 6.72. The number of benzene rings is 1. The summed E-state index contributed by atoms with van der Waals surface area (Å²) < 4.78 is 13.3. The van der Waals surface area contributed by atoms with Crippen molar-refractivity contribution in [3.05, 3.63) is 53.6 Å². The van der Waals surface area contributed by atoms with E-state index in [4.69, 9.17) is 14.5 Å². The molecule has 2 N–H and O–H groups in total. The summed E-state index contributed by atoms with van der Waals surface area (Å²) in [4.78, 5) is 9.03. The van der Waals surface area contributed by atoms with Crippen molar-refractivity contribution in [3.8, 4) is 0 Å². The molecular formula is C23H36IN5O2. The van der Waals surface area contributed by atoms with Crippen molar-refractivity contribution in [1.82, 2.24) is 20.2 Å². The molecule has 0 saturated carbocycles. The second-order valence-corrected chi connectivity index (χ2v) is 7.70. The highest BCUT2D eigenvalue weighted by Gasteiger charge is 2.15. The summed E-state index contributed by atoms with van der Waals surface area (Å²) in [7, 11) is 0. The number of nitrogens with one attached hydrogen (secondary N) is 2. The number of halogens is 1. The fourth-order valence-corrected chi connectivity index (χ4v) is 3.45. The third-order valence-electron chi connectivity index (χ3n) is 5.17. The van der Waals surface area contributed by atoms with E-state index >= 15 is 0 Å².